The lowest BCUT2D eigenvalue weighted by molar-refractivity contribution is -0.122. The van der Waals surface area contributed by atoms with Crippen LogP contribution in [0.2, 0.25) is 0 Å². The zero-order chi connectivity index (χ0) is 16.1. The molecule has 0 radical (unpaired) electrons. The van der Waals surface area contributed by atoms with Crippen molar-refractivity contribution in [2.45, 2.75) is 27.2 Å². The van der Waals surface area contributed by atoms with E-state index in [1.807, 2.05) is 37.3 Å². The first-order valence-corrected chi connectivity index (χ1v) is 8.72. The lowest BCUT2D eigenvalue weighted by atomic mass is 10.1. The second kappa shape index (κ2) is 7.79. The fourth-order valence-corrected chi connectivity index (χ4v) is 3.34. The van der Waals surface area contributed by atoms with Crippen molar-refractivity contribution in [2.75, 3.05) is 13.2 Å². The highest BCUT2D eigenvalue weighted by Crippen LogP contribution is 2.34. The highest BCUT2D eigenvalue weighted by Gasteiger charge is 2.31. The third-order valence-corrected chi connectivity index (χ3v) is 4.48. The van der Waals surface area contributed by atoms with E-state index in [-0.39, 0.29) is 5.91 Å². The standard InChI is InChI=1S/C17H21NO2S2/c1-4-9-18-16(19)15(22-17(18)21)10-13-7-5-6-8-14(13)20-11-12(2)3/h5-8,10,12H,4,9,11H2,1-3H3/b15-10-. The molecule has 1 heterocycles. The summed E-state index contributed by atoms with van der Waals surface area (Å²) >= 11 is 6.65. The van der Waals surface area contributed by atoms with Crippen LogP contribution >= 0.6 is 24.0 Å². The van der Waals surface area contributed by atoms with Gasteiger partial charge in [-0.1, -0.05) is 63.0 Å². The average Bonchev–Trinajstić information content (AvgIpc) is 2.74. The van der Waals surface area contributed by atoms with E-state index < -0.39 is 0 Å². The second-order valence-corrected chi connectivity index (χ2v) is 7.25. The smallest absolute Gasteiger partial charge is 0.266 e. The van der Waals surface area contributed by atoms with Crippen LogP contribution in [0.4, 0.5) is 0 Å². The van der Waals surface area contributed by atoms with Crippen molar-refractivity contribution in [3.63, 3.8) is 0 Å². The van der Waals surface area contributed by atoms with E-state index in [9.17, 15) is 4.79 Å². The first-order chi connectivity index (χ1) is 10.5. The Morgan fingerprint density at radius 3 is 2.77 bits per heavy atom. The Morgan fingerprint density at radius 1 is 1.36 bits per heavy atom. The highest BCUT2D eigenvalue weighted by molar-refractivity contribution is 8.26. The number of carbonyl (C=O) groups is 1. The molecule has 0 N–H and O–H groups in total. The van der Waals surface area contributed by atoms with E-state index >= 15 is 0 Å². The predicted octanol–water partition coefficient (Wildman–Crippen LogP) is 4.33. The predicted molar refractivity (Wildman–Crippen MR) is 96.9 cm³/mol. The van der Waals surface area contributed by atoms with E-state index in [1.54, 1.807) is 4.90 Å². The molecule has 3 nitrogen and oxygen atoms in total. The molecule has 0 unspecified atom stereocenters. The van der Waals surface area contributed by atoms with Crippen molar-refractivity contribution in [1.29, 1.82) is 0 Å². The van der Waals surface area contributed by atoms with Crippen molar-refractivity contribution in [3.8, 4) is 5.75 Å². The number of hydrogen-bond acceptors (Lipinski definition) is 4. The molecule has 1 aliphatic rings. The van der Waals surface area contributed by atoms with Gasteiger partial charge in [0.25, 0.3) is 5.91 Å². The van der Waals surface area contributed by atoms with Crippen LogP contribution in [-0.2, 0) is 4.79 Å². The maximum absolute atomic E-state index is 12.4. The van der Waals surface area contributed by atoms with E-state index in [0.29, 0.717) is 28.3 Å². The fraction of sp³-hybridized carbons (Fsp3) is 0.412. The fourth-order valence-electron chi connectivity index (χ4n) is 2.05. The number of carbonyl (C=O) groups excluding carboxylic acids is 1. The van der Waals surface area contributed by atoms with Gasteiger partial charge in [-0.15, -0.1) is 0 Å². The number of thiocarbonyl (C=S) groups is 1. The highest BCUT2D eigenvalue weighted by atomic mass is 32.2. The number of para-hydroxylation sites is 1. The number of rotatable bonds is 6. The third-order valence-electron chi connectivity index (χ3n) is 3.10. The van der Waals surface area contributed by atoms with Crippen LogP contribution in [0.3, 0.4) is 0 Å². The van der Waals surface area contributed by atoms with Crippen molar-refractivity contribution in [3.05, 3.63) is 34.7 Å². The molecular weight excluding hydrogens is 314 g/mol. The number of hydrogen-bond donors (Lipinski definition) is 0. The SMILES string of the molecule is CCCN1C(=O)/C(=C/c2ccccc2OCC(C)C)SC1=S. The zero-order valence-corrected chi connectivity index (χ0v) is 14.8. The van der Waals surface area contributed by atoms with Crippen molar-refractivity contribution < 1.29 is 9.53 Å². The van der Waals surface area contributed by atoms with Crippen LogP contribution in [-0.4, -0.2) is 28.3 Å². The normalized spacial score (nSPS) is 16.9. The Kier molecular flexibility index (Phi) is 6.03. The number of benzene rings is 1. The minimum Gasteiger partial charge on any atom is -0.493 e. The van der Waals surface area contributed by atoms with Gasteiger partial charge in [0.05, 0.1) is 11.5 Å². The van der Waals surface area contributed by atoms with Gasteiger partial charge in [-0.05, 0) is 24.5 Å². The van der Waals surface area contributed by atoms with Gasteiger partial charge >= 0.3 is 0 Å². The lowest BCUT2D eigenvalue weighted by Crippen LogP contribution is -2.28. The number of thioether (sulfide) groups is 1. The maximum Gasteiger partial charge on any atom is 0.266 e. The third kappa shape index (κ3) is 4.11. The Hall–Kier alpha value is -1.33. The molecule has 1 saturated heterocycles. The molecule has 0 saturated carbocycles. The molecule has 1 aromatic carbocycles. The molecular formula is C17H21NO2S2. The maximum atomic E-state index is 12.4. The van der Waals surface area contributed by atoms with Gasteiger partial charge in [-0.3, -0.25) is 9.69 Å². The van der Waals surface area contributed by atoms with Crippen molar-refractivity contribution >= 4 is 40.3 Å². The van der Waals surface area contributed by atoms with Gasteiger partial charge in [-0.25, -0.2) is 0 Å². The summed E-state index contributed by atoms with van der Waals surface area (Å²) in [5.74, 6) is 1.25. The van der Waals surface area contributed by atoms with Gasteiger partial charge in [0.2, 0.25) is 0 Å². The summed E-state index contributed by atoms with van der Waals surface area (Å²) in [6.45, 7) is 7.59. The van der Waals surface area contributed by atoms with Gasteiger partial charge < -0.3 is 4.74 Å². The van der Waals surface area contributed by atoms with Crippen LogP contribution in [0.1, 0.15) is 32.8 Å². The molecule has 0 spiro atoms. The molecule has 0 aromatic heterocycles. The van der Waals surface area contributed by atoms with E-state index in [1.165, 1.54) is 11.8 Å². The summed E-state index contributed by atoms with van der Waals surface area (Å²) in [4.78, 5) is 14.7. The molecule has 0 bridgehead atoms. The van der Waals surface area contributed by atoms with Crippen LogP contribution in [0, 0.1) is 5.92 Å². The molecule has 118 valence electrons. The van der Waals surface area contributed by atoms with Crippen LogP contribution in [0.25, 0.3) is 6.08 Å². The van der Waals surface area contributed by atoms with Crippen molar-refractivity contribution in [2.24, 2.45) is 5.92 Å². The molecule has 1 fully saturated rings. The van der Waals surface area contributed by atoms with E-state index in [4.69, 9.17) is 17.0 Å². The molecule has 22 heavy (non-hydrogen) atoms. The number of nitrogens with zero attached hydrogens (tertiary/aromatic N) is 1. The lowest BCUT2D eigenvalue weighted by Gasteiger charge is -2.12. The van der Waals surface area contributed by atoms with Gasteiger partial charge in [0, 0.05) is 12.1 Å². The van der Waals surface area contributed by atoms with E-state index in [2.05, 4.69) is 13.8 Å². The average molecular weight is 335 g/mol. The van der Waals surface area contributed by atoms with Crippen LogP contribution < -0.4 is 4.74 Å². The Balaban J connectivity index is 2.22. The molecule has 1 aromatic rings. The topological polar surface area (TPSA) is 29.5 Å². The van der Waals surface area contributed by atoms with Gasteiger partial charge in [-0.2, -0.15) is 0 Å². The van der Waals surface area contributed by atoms with E-state index in [0.717, 1.165) is 17.7 Å². The number of amides is 1. The molecule has 2 rings (SSSR count). The molecule has 0 aliphatic carbocycles. The molecule has 1 amide bonds. The summed E-state index contributed by atoms with van der Waals surface area (Å²) in [6, 6.07) is 7.78. The Labute approximate surface area is 141 Å². The largest absolute Gasteiger partial charge is 0.493 e. The first-order valence-electron chi connectivity index (χ1n) is 7.50. The number of ether oxygens (including phenoxy) is 1. The minimum absolute atomic E-state index is 0.00415. The molecule has 5 heteroatoms. The second-order valence-electron chi connectivity index (χ2n) is 5.58. The zero-order valence-electron chi connectivity index (χ0n) is 13.2. The summed E-state index contributed by atoms with van der Waals surface area (Å²) in [5.41, 5.74) is 0.917. The van der Waals surface area contributed by atoms with Crippen LogP contribution in [0.15, 0.2) is 29.2 Å². The summed E-state index contributed by atoms with van der Waals surface area (Å²) in [5, 5.41) is 0. The quantitative estimate of drug-likeness (QED) is 0.571. The molecule has 0 atom stereocenters. The summed E-state index contributed by atoms with van der Waals surface area (Å²) < 4.78 is 6.47. The van der Waals surface area contributed by atoms with Crippen LogP contribution in [0.5, 0.6) is 5.75 Å². The van der Waals surface area contributed by atoms with Crippen molar-refractivity contribution in [1.82, 2.24) is 4.90 Å². The minimum atomic E-state index is -0.00415. The van der Waals surface area contributed by atoms with Gasteiger partial charge in [0.1, 0.15) is 10.1 Å². The Morgan fingerprint density at radius 2 is 2.09 bits per heavy atom. The van der Waals surface area contributed by atoms with Gasteiger partial charge in [0.15, 0.2) is 0 Å². The summed E-state index contributed by atoms with van der Waals surface area (Å²) in [6.07, 6.45) is 2.78. The monoisotopic (exact) mass is 335 g/mol. The summed E-state index contributed by atoms with van der Waals surface area (Å²) in [7, 11) is 0. The first kappa shape index (κ1) is 17.0. The molecule has 1 aliphatic heterocycles. The Bertz CT molecular complexity index is 596.